The zero-order chi connectivity index (χ0) is 22.8. The number of fused-ring (bicyclic) bond motifs is 1. The molecule has 0 spiro atoms. The molecule has 0 bridgehead atoms. The fourth-order valence-electron chi connectivity index (χ4n) is 4.24. The lowest BCUT2D eigenvalue weighted by Crippen LogP contribution is -2.40. The van der Waals surface area contributed by atoms with Gasteiger partial charge in [-0.15, -0.1) is 12.4 Å². The lowest BCUT2D eigenvalue weighted by atomic mass is 10.1. The minimum atomic E-state index is -0.0699. The number of nitrogen functional groups attached to an aromatic ring is 1. The van der Waals surface area contributed by atoms with Crippen molar-refractivity contribution in [2.45, 2.75) is 18.9 Å². The highest BCUT2D eigenvalue weighted by molar-refractivity contribution is 5.98. The molecule has 1 fully saturated rings. The zero-order valence-electron chi connectivity index (χ0n) is 18.5. The van der Waals surface area contributed by atoms with Crippen LogP contribution in [0.2, 0.25) is 0 Å². The minimum absolute atomic E-state index is 0. The number of piperidine rings is 1. The molecule has 1 aliphatic rings. The van der Waals surface area contributed by atoms with Crippen LogP contribution >= 0.6 is 12.4 Å². The van der Waals surface area contributed by atoms with E-state index in [1.165, 1.54) is 12.4 Å². The molecule has 34 heavy (non-hydrogen) atoms. The maximum absolute atomic E-state index is 12.2. The first-order valence-corrected chi connectivity index (χ1v) is 10.9. The number of ether oxygens (including phenoxy) is 1. The van der Waals surface area contributed by atoms with Crippen molar-refractivity contribution in [3.63, 3.8) is 0 Å². The molecule has 3 heterocycles. The summed E-state index contributed by atoms with van der Waals surface area (Å²) in [6, 6.07) is 17.3. The Balaban J connectivity index is 0.00000274. The van der Waals surface area contributed by atoms with Gasteiger partial charge in [0.2, 0.25) is 5.91 Å². The molecule has 1 saturated heterocycles. The Labute approximate surface area is 203 Å². The Kier molecular flexibility index (Phi) is 6.79. The lowest BCUT2D eigenvalue weighted by Gasteiger charge is -2.32. The van der Waals surface area contributed by atoms with Crippen molar-refractivity contribution in [2.75, 3.05) is 18.8 Å². The van der Waals surface area contributed by atoms with Crippen LogP contribution in [0, 0.1) is 0 Å². The Morgan fingerprint density at radius 3 is 2.56 bits per heavy atom. The quantitative estimate of drug-likeness (QED) is 0.421. The Morgan fingerprint density at radius 1 is 1.09 bits per heavy atom. The molecular formula is C25H25ClN6O2. The van der Waals surface area contributed by atoms with Crippen molar-refractivity contribution >= 4 is 35.2 Å². The number of likely N-dealkylation sites (tertiary alicyclic amines) is 1. The highest BCUT2D eigenvalue weighted by Crippen LogP contribution is 2.34. The van der Waals surface area contributed by atoms with Crippen LogP contribution in [-0.2, 0) is 4.79 Å². The van der Waals surface area contributed by atoms with Gasteiger partial charge in [0.05, 0.1) is 11.4 Å². The topological polar surface area (TPSA) is 99.2 Å². The smallest absolute Gasteiger partial charge is 0.246 e. The number of nitrogens with zero attached hydrogens (tertiary/aromatic N) is 5. The average Bonchev–Trinajstić information content (AvgIpc) is 3.26. The standard InChI is InChI=1S/C25H24N6O2.ClH/c1-2-21(32)30-14-6-7-18(15-30)31-25-22(24(26)27-16-28-25)23(29-31)17-10-12-20(13-11-17)33-19-8-4-3-5-9-19;/h2-5,8-13,16,18H,1,6-7,14-15H2,(H2,26,27,28);1H/t18-;/m1./s1. The summed E-state index contributed by atoms with van der Waals surface area (Å²) >= 11 is 0. The first-order valence-electron chi connectivity index (χ1n) is 10.9. The number of hydrogen-bond donors (Lipinski definition) is 1. The molecule has 1 aliphatic heterocycles. The summed E-state index contributed by atoms with van der Waals surface area (Å²) in [6.45, 7) is 4.88. The first kappa shape index (κ1) is 23.3. The largest absolute Gasteiger partial charge is 0.457 e. The summed E-state index contributed by atoms with van der Waals surface area (Å²) in [7, 11) is 0. The van der Waals surface area contributed by atoms with Gasteiger partial charge in [0.1, 0.15) is 29.3 Å². The van der Waals surface area contributed by atoms with Gasteiger partial charge in [-0.1, -0.05) is 24.8 Å². The highest BCUT2D eigenvalue weighted by atomic mass is 35.5. The predicted octanol–water partition coefficient (Wildman–Crippen LogP) is 4.64. The summed E-state index contributed by atoms with van der Waals surface area (Å²) in [6.07, 6.45) is 4.58. The fourth-order valence-corrected chi connectivity index (χ4v) is 4.24. The second kappa shape index (κ2) is 9.93. The van der Waals surface area contributed by atoms with E-state index in [-0.39, 0.29) is 24.4 Å². The molecule has 2 aromatic heterocycles. The third kappa shape index (κ3) is 4.45. The molecule has 8 nitrogen and oxygen atoms in total. The van der Waals surface area contributed by atoms with Gasteiger partial charge < -0.3 is 15.4 Å². The Morgan fingerprint density at radius 2 is 1.82 bits per heavy atom. The summed E-state index contributed by atoms with van der Waals surface area (Å²) in [5.74, 6) is 1.80. The number of amides is 1. The van der Waals surface area contributed by atoms with Crippen LogP contribution in [0.4, 0.5) is 5.82 Å². The van der Waals surface area contributed by atoms with Gasteiger partial charge in [-0.2, -0.15) is 5.10 Å². The van der Waals surface area contributed by atoms with Crippen LogP contribution in [0.25, 0.3) is 22.3 Å². The molecule has 0 radical (unpaired) electrons. The molecule has 0 aliphatic carbocycles. The van der Waals surface area contributed by atoms with Gasteiger partial charge in [-0.05, 0) is 55.3 Å². The van der Waals surface area contributed by atoms with Crippen LogP contribution in [0.15, 0.2) is 73.6 Å². The number of halogens is 1. The van der Waals surface area contributed by atoms with Crippen molar-refractivity contribution < 1.29 is 9.53 Å². The molecule has 9 heteroatoms. The van der Waals surface area contributed by atoms with Gasteiger partial charge in [0.15, 0.2) is 5.65 Å². The number of hydrogen-bond acceptors (Lipinski definition) is 6. The highest BCUT2D eigenvalue weighted by Gasteiger charge is 2.28. The number of rotatable bonds is 5. The third-order valence-electron chi connectivity index (χ3n) is 5.85. The van der Waals surface area contributed by atoms with E-state index in [1.807, 2.05) is 59.3 Å². The van der Waals surface area contributed by atoms with E-state index < -0.39 is 0 Å². The number of aromatic nitrogens is 4. The molecule has 0 saturated carbocycles. The normalized spacial score (nSPS) is 15.5. The molecule has 0 unspecified atom stereocenters. The van der Waals surface area contributed by atoms with Crippen molar-refractivity contribution in [1.29, 1.82) is 0 Å². The summed E-state index contributed by atoms with van der Waals surface area (Å²) in [5, 5.41) is 5.62. The fraction of sp³-hybridized carbons (Fsp3) is 0.200. The van der Waals surface area contributed by atoms with Crippen molar-refractivity contribution in [3.8, 4) is 22.8 Å². The van der Waals surface area contributed by atoms with E-state index in [4.69, 9.17) is 15.6 Å². The number of para-hydroxylation sites is 1. The monoisotopic (exact) mass is 476 g/mol. The first-order chi connectivity index (χ1) is 16.1. The minimum Gasteiger partial charge on any atom is -0.457 e. The Bertz CT molecular complexity index is 1310. The third-order valence-corrected chi connectivity index (χ3v) is 5.85. The zero-order valence-corrected chi connectivity index (χ0v) is 19.3. The maximum atomic E-state index is 12.2. The van der Waals surface area contributed by atoms with Gasteiger partial charge in [-0.3, -0.25) is 4.79 Å². The summed E-state index contributed by atoms with van der Waals surface area (Å²) in [5.41, 5.74) is 8.52. The molecular weight excluding hydrogens is 452 g/mol. The van der Waals surface area contributed by atoms with E-state index in [0.29, 0.717) is 35.6 Å². The van der Waals surface area contributed by atoms with Crippen LogP contribution in [-0.4, -0.2) is 43.6 Å². The van der Waals surface area contributed by atoms with Crippen molar-refractivity contribution in [3.05, 3.63) is 73.6 Å². The van der Waals surface area contributed by atoms with E-state index in [1.54, 1.807) is 4.90 Å². The second-order valence-corrected chi connectivity index (χ2v) is 7.97. The van der Waals surface area contributed by atoms with Crippen LogP contribution in [0.3, 0.4) is 0 Å². The molecule has 1 atom stereocenters. The second-order valence-electron chi connectivity index (χ2n) is 7.97. The molecule has 5 rings (SSSR count). The van der Waals surface area contributed by atoms with Crippen molar-refractivity contribution in [1.82, 2.24) is 24.6 Å². The number of anilines is 1. The molecule has 2 N–H and O–H groups in total. The van der Waals surface area contributed by atoms with Crippen LogP contribution in [0.1, 0.15) is 18.9 Å². The van der Waals surface area contributed by atoms with Crippen LogP contribution in [0.5, 0.6) is 11.5 Å². The van der Waals surface area contributed by atoms with E-state index in [0.717, 1.165) is 29.9 Å². The van der Waals surface area contributed by atoms with Gasteiger partial charge in [0.25, 0.3) is 0 Å². The number of carbonyl (C=O) groups is 1. The van der Waals surface area contributed by atoms with Gasteiger partial charge in [-0.25, -0.2) is 14.6 Å². The van der Waals surface area contributed by atoms with Crippen LogP contribution < -0.4 is 10.5 Å². The summed E-state index contributed by atoms with van der Waals surface area (Å²) in [4.78, 5) is 22.7. The molecule has 174 valence electrons. The number of nitrogens with two attached hydrogens (primary N) is 1. The number of benzene rings is 2. The SMILES string of the molecule is C=CC(=O)N1CCC[C@@H](n2nc(-c3ccc(Oc4ccccc4)cc3)c3c(N)ncnc32)C1.Cl. The average molecular weight is 477 g/mol. The van der Waals surface area contributed by atoms with E-state index in [2.05, 4.69) is 16.5 Å². The molecule has 1 amide bonds. The lowest BCUT2D eigenvalue weighted by molar-refractivity contribution is -0.127. The van der Waals surface area contributed by atoms with Gasteiger partial charge >= 0.3 is 0 Å². The van der Waals surface area contributed by atoms with Crippen molar-refractivity contribution in [2.24, 2.45) is 0 Å². The van der Waals surface area contributed by atoms with E-state index in [9.17, 15) is 4.79 Å². The molecule has 4 aromatic rings. The molecule has 2 aromatic carbocycles. The van der Waals surface area contributed by atoms with E-state index >= 15 is 0 Å². The maximum Gasteiger partial charge on any atom is 0.246 e. The summed E-state index contributed by atoms with van der Waals surface area (Å²) < 4.78 is 7.79. The number of carbonyl (C=O) groups excluding carboxylic acids is 1. The predicted molar refractivity (Wildman–Crippen MR) is 134 cm³/mol. The Hall–Kier alpha value is -3.91. The van der Waals surface area contributed by atoms with Gasteiger partial charge in [0, 0.05) is 18.7 Å².